The highest BCUT2D eigenvalue weighted by atomic mass is 32.2. The van der Waals surface area contributed by atoms with Crippen LogP contribution >= 0.6 is 0 Å². The number of nitro benzene ring substituents is 1. The van der Waals surface area contributed by atoms with Crippen LogP contribution in [-0.4, -0.2) is 19.3 Å². The second kappa shape index (κ2) is 7.63. The van der Waals surface area contributed by atoms with E-state index in [-0.39, 0.29) is 16.1 Å². The number of aliphatic carboxylic acids is 1. The highest BCUT2D eigenvalue weighted by Gasteiger charge is 2.27. The van der Waals surface area contributed by atoms with E-state index in [1.807, 2.05) is 6.92 Å². The van der Waals surface area contributed by atoms with Crippen LogP contribution in [0, 0.1) is 24.0 Å². The molecule has 26 heavy (non-hydrogen) atoms. The van der Waals surface area contributed by atoms with Crippen molar-refractivity contribution in [3.63, 3.8) is 0 Å². The molecule has 2 aromatic carbocycles. The minimum Gasteiger partial charge on any atom is -0.550 e. The number of carbonyl (C=O) groups is 1. The summed E-state index contributed by atoms with van der Waals surface area (Å²) in [6.45, 7) is 3.42. The van der Waals surface area contributed by atoms with Crippen molar-refractivity contribution in [3.05, 3.63) is 69.3 Å². The predicted octanol–water partition coefficient (Wildman–Crippen LogP) is 1.37. The van der Waals surface area contributed by atoms with Crippen LogP contribution < -0.4 is 9.83 Å². The number of para-hydroxylation sites is 1. The summed E-state index contributed by atoms with van der Waals surface area (Å²) in [6, 6.07) is 8.73. The van der Waals surface area contributed by atoms with E-state index in [4.69, 9.17) is 0 Å². The molecule has 1 atom stereocenters. The fourth-order valence-corrected chi connectivity index (χ4v) is 4.12. The molecule has 2 rings (SSSR count). The van der Waals surface area contributed by atoms with Gasteiger partial charge in [0.2, 0.25) is 10.0 Å². The Morgan fingerprint density at radius 3 is 2.42 bits per heavy atom. The molecule has 0 bridgehead atoms. The normalized spacial score (nSPS) is 12.5. The number of hydrogen-bond acceptors (Lipinski definition) is 6. The molecule has 0 saturated carbocycles. The zero-order chi connectivity index (χ0) is 19.5. The first-order chi connectivity index (χ1) is 12.1. The van der Waals surface area contributed by atoms with Crippen LogP contribution in [-0.2, 0) is 14.8 Å². The minimum atomic E-state index is -4.11. The molecule has 0 aliphatic carbocycles. The van der Waals surface area contributed by atoms with Gasteiger partial charge >= 0.3 is 0 Å². The Balaban J connectivity index is 2.49. The number of rotatable bonds is 7. The maximum absolute atomic E-state index is 12.7. The Bertz CT molecular complexity index is 955. The fourth-order valence-electron chi connectivity index (χ4n) is 2.68. The lowest BCUT2D eigenvalue weighted by atomic mass is 10.0. The molecule has 1 N–H and O–H groups in total. The summed E-state index contributed by atoms with van der Waals surface area (Å²) in [5, 5.41) is 22.3. The smallest absolute Gasteiger partial charge is 0.274 e. The number of nitro groups is 1. The van der Waals surface area contributed by atoms with E-state index in [1.54, 1.807) is 19.1 Å². The third-order valence-electron chi connectivity index (χ3n) is 3.80. The van der Waals surface area contributed by atoms with Gasteiger partial charge in [-0.05, 0) is 25.5 Å². The topological polar surface area (TPSA) is 129 Å². The van der Waals surface area contributed by atoms with Crippen molar-refractivity contribution in [2.24, 2.45) is 0 Å². The Labute approximate surface area is 150 Å². The number of hydrogen-bond donors (Lipinski definition) is 1. The SMILES string of the molecule is Cc1ccc(S(=O)(=O)N[C@H](CC(=O)[O-])c2ccccc2[N+](=O)[O-])c(C)c1. The summed E-state index contributed by atoms with van der Waals surface area (Å²) in [4.78, 5) is 21.6. The van der Waals surface area contributed by atoms with Crippen LogP contribution in [0.1, 0.15) is 29.2 Å². The summed E-state index contributed by atoms with van der Waals surface area (Å²) in [7, 11) is -4.11. The zero-order valence-electron chi connectivity index (χ0n) is 14.1. The lowest BCUT2D eigenvalue weighted by Crippen LogP contribution is -2.34. The van der Waals surface area contributed by atoms with E-state index in [1.165, 1.54) is 30.3 Å². The molecule has 0 aliphatic rings. The predicted molar refractivity (Wildman–Crippen MR) is 91.7 cm³/mol. The molecule has 0 spiro atoms. The third-order valence-corrected chi connectivity index (χ3v) is 5.43. The van der Waals surface area contributed by atoms with E-state index < -0.39 is 33.4 Å². The molecule has 0 amide bonds. The van der Waals surface area contributed by atoms with Gasteiger partial charge in [0.1, 0.15) is 0 Å². The molecule has 0 saturated heterocycles. The lowest BCUT2D eigenvalue weighted by Gasteiger charge is -2.20. The molecular weight excluding hydrogens is 360 g/mol. The van der Waals surface area contributed by atoms with E-state index in [0.717, 1.165) is 5.56 Å². The second-order valence-electron chi connectivity index (χ2n) is 5.83. The van der Waals surface area contributed by atoms with Crippen LogP contribution in [0.3, 0.4) is 0 Å². The van der Waals surface area contributed by atoms with Crippen molar-refractivity contribution >= 4 is 21.7 Å². The Morgan fingerprint density at radius 2 is 1.85 bits per heavy atom. The molecule has 9 heteroatoms. The maximum atomic E-state index is 12.7. The molecule has 2 aromatic rings. The zero-order valence-corrected chi connectivity index (χ0v) is 14.9. The molecule has 0 aliphatic heterocycles. The number of carboxylic acids is 1. The van der Waals surface area contributed by atoms with Gasteiger partial charge in [-0.25, -0.2) is 13.1 Å². The monoisotopic (exact) mass is 377 g/mol. The quantitative estimate of drug-likeness (QED) is 0.573. The van der Waals surface area contributed by atoms with Gasteiger partial charge in [0.15, 0.2) is 0 Å². The van der Waals surface area contributed by atoms with Gasteiger partial charge in [0.25, 0.3) is 5.69 Å². The number of benzene rings is 2. The fraction of sp³-hybridized carbons (Fsp3) is 0.235. The molecule has 0 unspecified atom stereocenters. The number of nitrogens with zero attached hydrogens (tertiary/aromatic N) is 1. The number of carbonyl (C=O) groups excluding carboxylic acids is 1. The van der Waals surface area contributed by atoms with Gasteiger partial charge in [-0.15, -0.1) is 0 Å². The van der Waals surface area contributed by atoms with Gasteiger partial charge in [0, 0.05) is 24.0 Å². The molecule has 0 radical (unpaired) electrons. The Hall–Kier alpha value is -2.78. The van der Waals surface area contributed by atoms with Crippen molar-refractivity contribution in [3.8, 4) is 0 Å². The number of aryl methyl sites for hydroxylation is 2. The van der Waals surface area contributed by atoms with Crippen molar-refractivity contribution in [1.29, 1.82) is 0 Å². The summed E-state index contributed by atoms with van der Waals surface area (Å²) in [6.07, 6.45) is -0.741. The standard InChI is InChI=1S/C17H18N2O6S/c1-11-7-8-16(12(2)9-11)26(24,25)18-14(10-17(20)21)13-5-3-4-6-15(13)19(22)23/h3-9,14,18H,10H2,1-2H3,(H,20,21)/p-1/t14-/m1/s1. The number of carboxylic acid groups (broad SMARTS) is 1. The van der Waals surface area contributed by atoms with E-state index >= 15 is 0 Å². The van der Waals surface area contributed by atoms with Gasteiger partial charge in [0.05, 0.1) is 15.9 Å². The van der Waals surface area contributed by atoms with Crippen LogP contribution in [0.15, 0.2) is 47.4 Å². The molecular formula is C17H17N2O6S-. The number of sulfonamides is 1. The number of nitrogens with one attached hydrogen (secondary N) is 1. The average molecular weight is 377 g/mol. The summed E-state index contributed by atoms with van der Waals surface area (Å²) >= 11 is 0. The van der Waals surface area contributed by atoms with Gasteiger partial charge < -0.3 is 9.90 Å². The summed E-state index contributed by atoms with van der Waals surface area (Å²) < 4.78 is 27.7. The first-order valence-electron chi connectivity index (χ1n) is 7.64. The first kappa shape index (κ1) is 19.5. The molecule has 0 fully saturated rings. The minimum absolute atomic E-state index is 0.0231. The maximum Gasteiger partial charge on any atom is 0.274 e. The summed E-state index contributed by atoms with van der Waals surface area (Å²) in [5.41, 5.74) is 0.927. The van der Waals surface area contributed by atoms with Gasteiger partial charge in [-0.3, -0.25) is 10.1 Å². The van der Waals surface area contributed by atoms with E-state index in [9.17, 15) is 28.4 Å². The largest absolute Gasteiger partial charge is 0.550 e. The summed E-state index contributed by atoms with van der Waals surface area (Å²) in [5.74, 6) is -1.53. The average Bonchev–Trinajstić information content (AvgIpc) is 2.53. The second-order valence-corrected chi connectivity index (χ2v) is 7.52. The third kappa shape index (κ3) is 4.44. The van der Waals surface area contributed by atoms with Crippen molar-refractivity contribution in [1.82, 2.24) is 4.72 Å². The molecule has 138 valence electrons. The van der Waals surface area contributed by atoms with E-state index in [0.29, 0.717) is 5.56 Å². The van der Waals surface area contributed by atoms with Gasteiger partial charge in [-0.2, -0.15) is 0 Å². The first-order valence-corrected chi connectivity index (χ1v) is 9.13. The van der Waals surface area contributed by atoms with Crippen LogP contribution in [0.25, 0.3) is 0 Å². The molecule has 0 heterocycles. The Kier molecular flexibility index (Phi) is 5.73. The Morgan fingerprint density at radius 1 is 1.19 bits per heavy atom. The molecule has 0 aromatic heterocycles. The van der Waals surface area contributed by atoms with Crippen LogP contribution in [0.2, 0.25) is 0 Å². The highest BCUT2D eigenvalue weighted by molar-refractivity contribution is 7.89. The van der Waals surface area contributed by atoms with Crippen molar-refractivity contribution in [2.75, 3.05) is 0 Å². The van der Waals surface area contributed by atoms with Crippen LogP contribution in [0.4, 0.5) is 5.69 Å². The highest BCUT2D eigenvalue weighted by Crippen LogP contribution is 2.29. The van der Waals surface area contributed by atoms with Crippen LogP contribution in [0.5, 0.6) is 0 Å². The molecule has 8 nitrogen and oxygen atoms in total. The van der Waals surface area contributed by atoms with Crippen molar-refractivity contribution in [2.45, 2.75) is 31.2 Å². The van der Waals surface area contributed by atoms with E-state index in [2.05, 4.69) is 4.72 Å². The van der Waals surface area contributed by atoms with Crippen molar-refractivity contribution < 1.29 is 23.2 Å². The van der Waals surface area contributed by atoms with Gasteiger partial charge in [-0.1, -0.05) is 35.9 Å². The lowest BCUT2D eigenvalue weighted by molar-refractivity contribution is -0.385.